The second-order valence-electron chi connectivity index (χ2n) is 7.77. The fourth-order valence-corrected chi connectivity index (χ4v) is 3.71. The lowest BCUT2D eigenvalue weighted by Crippen LogP contribution is -2.51. The van der Waals surface area contributed by atoms with Crippen LogP contribution in [0.4, 0.5) is 18.9 Å². The molecule has 0 aliphatic carbocycles. The van der Waals surface area contributed by atoms with Gasteiger partial charge in [0, 0.05) is 57.3 Å². The predicted octanol–water partition coefficient (Wildman–Crippen LogP) is 2.32. The number of anilines is 1. The summed E-state index contributed by atoms with van der Waals surface area (Å²) in [4.78, 5) is 28.3. The van der Waals surface area contributed by atoms with Gasteiger partial charge in [-0.15, -0.1) is 0 Å². The SMILES string of the molecule is O=C(CN1CCN(CC(=O)Nc2ccc(Cl)c(C(F)(F)F)c2)CC1)NCCCn1cccn1. The van der Waals surface area contributed by atoms with Crippen molar-refractivity contribution in [3.8, 4) is 0 Å². The molecule has 1 aliphatic rings. The molecular weight excluding hydrogens is 461 g/mol. The topological polar surface area (TPSA) is 82.5 Å². The van der Waals surface area contributed by atoms with Gasteiger partial charge in [-0.25, -0.2) is 0 Å². The molecule has 8 nitrogen and oxygen atoms in total. The molecule has 1 aromatic carbocycles. The summed E-state index contributed by atoms with van der Waals surface area (Å²) >= 11 is 5.60. The van der Waals surface area contributed by atoms with E-state index in [4.69, 9.17) is 11.6 Å². The highest BCUT2D eigenvalue weighted by Crippen LogP contribution is 2.36. The van der Waals surface area contributed by atoms with Crippen molar-refractivity contribution in [1.29, 1.82) is 0 Å². The van der Waals surface area contributed by atoms with E-state index in [0.29, 0.717) is 32.7 Å². The maximum atomic E-state index is 13.0. The number of aromatic nitrogens is 2. The van der Waals surface area contributed by atoms with E-state index in [1.165, 1.54) is 6.07 Å². The van der Waals surface area contributed by atoms with E-state index in [0.717, 1.165) is 25.1 Å². The van der Waals surface area contributed by atoms with E-state index in [2.05, 4.69) is 15.7 Å². The number of nitrogens with zero attached hydrogens (tertiary/aromatic N) is 4. The average Bonchev–Trinajstić information content (AvgIpc) is 3.27. The van der Waals surface area contributed by atoms with Crippen LogP contribution in [0.1, 0.15) is 12.0 Å². The zero-order chi connectivity index (χ0) is 23.8. The van der Waals surface area contributed by atoms with Crippen LogP contribution in [0.2, 0.25) is 5.02 Å². The zero-order valence-electron chi connectivity index (χ0n) is 17.9. The number of amides is 2. The molecule has 33 heavy (non-hydrogen) atoms. The second-order valence-corrected chi connectivity index (χ2v) is 8.17. The van der Waals surface area contributed by atoms with E-state index < -0.39 is 22.7 Å². The number of halogens is 4. The summed E-state index contributed by atoms with van der Waals surface area (Å²) in [7, 11) is 0. The number of piperazine rings is 1. The third-order valence-electron chi connectivity index (χ3n) is 5.20. The number of hydrogen-bond donors (Lipinski definition) is 2. The molecule has 0 radical (unpaired) electrons. The molecule has 0 atom stereocenters. The van der Waals surface area contributed by atoms with Crippen molar-refractivity contribution in [3.63, 3.8) is 0 Å². The molecule has 3 rings (SSSR count). The van der Waals surface area contributed by atoms with Crippen LogP contribution in [-0.2, 0) is 22.3 Å². The van der Waals surface area contributed by atoms with Gasteiger partial charge in [-0.3, -0.25) is 24.1 Å². The van der Waals surface area contributed by atoms with Crippen molar-refractivity contribution in [1.82, 2.24) is 24.9 Å². The highest BCUT2D eigenvalue weighted by molar-refractivity contribution is 6.31. The smallest absolute Gasteiger partial charge is 0.355 e. The van der Waals surface area contributed by atoms with Crippen LogP contribution in [0.25, 0.3) is 0 Å². The molecule has 1 aliphatic heterocycles. The minimum absolute atomic E-state index is 0.0413. The molecule has 1 fully saturated rings. The van der Waals surface area contributed by atoms with Crippen molar-refractivity contribution in [2.45, 2.75) is 19.1 Å². The highest BCUT2D eigenvalue weighted by atomic mass is 35.5. The first kappa shape index (κ1) is 25.0. The van der Waals surface area contributed by atoms with Gasteiger partial charge in [0.2, 0.25) is 11.8 Å². The lowest BCUT2D eigenvalue weighted by atomic mass is 10.2. The molecule has 0 saturated carbocycles. The lowest BCUT2D eigenvalue weighted by molar-refractivity contribution is -0.137. The summed E-state index contributed by atoms with van der Waals surface area (Å²) in [5.74, 6) is -0.460. The monoisotopic (exact) mass is 486 g/mol. The number of carbonyl (C=O) groups is 2. The second kappa shape index (κ2) is 11.5. The Hall–Kier alpha value is -2.63. The van der Waals surface area contributed by atoms with Gasteiger partial charge in [-0.2, -0.15) is 18.3 Å². The maximum absolute atomic E-state index is 13.0. The lowest BCUT2D eigenvalue weighted by Gasteiger charge is -2.33. The number of aryl methyl sites for hydroxylation is 1. The number of rotatable bonds is 9. The Balaban J connectivity index is 1.34. The molecule has 0 unspecified atom stereocenters. The Morgan fingerprint density at radius 3 is 2.33 bits per heavy atom. The number of nitrogens with one attached hydrogen (secondary N) is 2. The molecule has 0 spiro atoms. The van der Waals surface area contributed by atoms with Gasteiger partial charge in [-0.1, -0.05) is 11.6 Å². The van der Waals surface area contributed by atoms with Crippen LogP contribution in [0.3, 0.4) is 0 Å². The minimum atomic E-state index is -4.60. The fourth-order valence-electron chi connectivity index (χ4n) is 3.49. The van der Waals surface area contributed by atoms with Crippen LogP contribution >= 0.6 is 11.6 Å². The quantitative estimate of drug-likeness (QED) is 0.532. The van der Waals surface area contributed by atoms with Crippen LogP contribution in [0.5, 0.6) is 0 Å². The average molecular weight is 487 g/mol. The normalized spacial score (nSPS) is 15.4. The van der Waals surface area contributed by atoms with Crippen molar-refractivity contribution in [3.05, 3.63) is 47.2 Å². The van der Waals surface area contributed by atoms with Gasteiger partial charge in [0.1, 0.15) is 0 Å². The van der Waals surface area contributed by atoms with Crippen molar-refractivity contribution in [2.24, 2.45) is 0 Å². The molecule has 1 aromatic heterocycles. The van der Waals surface area contributed by atoms with Gasteiger partial charge < -0.3 is 10.6 Å². The van der Waals surface area contributed by atoms with E-state index >= 15 is 0 Å². The first-order valence-corrected chi connectivity index (χ1v) is 10.9. The zero-order valence-corrected chi connectivity index (χ0v) is 18.7. The number of alkyl halides is 3. The van der Waals surface area contributed by atoms with Gasteiger partial charge >= 0.3 is 6.18 Å². The first-order chi connectivity index (χ1) is 15.7. The van der Waals surface area contributed by atoms with Crippen molar-refractivity contribution >= 4 is 29.1 Å². The summed E-state index contributed by atoms with van der Waals surface area (Å²) in [6.07, 6.45) is -0.228. The summed E-state index contributed by atoms with van der Waals surface area (Å²) in [5.41, 5.74) is -0.949. The Kier molecular flexibility index (Phi) is 8.70. The number of hydrogen-bond acceptors (Lipinski definition) is 5. The Labute approximate surface area is 194 Å². The van der Waals surface area contributed by atoms with E-state index in [1.54, 1.807) is 6.20 Å². The Morgan fingerprint density at radius 2 is 1.73 bits per heavy atom. The predicted molar refractivity (Wildman–Crippen MR) is 118 cm³/mol. The molecule has 1 saturated heterocycles. The molecule has 12 heteroatoms. The summed E-state index contributed by atoms with van der Waals surface area (Å²) < 4.78 is 40.7. The third-order valence-corrected chi connectivity index (χ3v) is 5.53. The summed E-state index contributed by atoms with van der Waals surface area (Å²) in [6, 6.07) is 5.12. The van der Waals surface area contributed by atoms with Gasteiger partial charge in [-0.05, 0) is 30.7 Å². The number of carbonyl (C=O) groups excluding carboxylic acids is 2. The van der Waals surface area contributed by atoms with Crippen LogP contribution in [0, 0.1) is 0 Å². The molecule has 2 heterocycles. The molecule has 2 N–H and O–H groups in total. The van der Waals surface area contributed by atoms with E-state index in [9.17, 15) is 22.8 Å². The third kappa shape index (κ3) is 8.02. The molecule has 2 aromatic rings. The molecule has 2 amide bonds. The Bertz CT molecular complexity index is 931. The summed E-state index contributed by atoms with van der Waals surface area (Å²) in [5, 5.41) is 9.07. The van der Waals surface area contributed by atoms with Crippen LogP contribution < -0.4 is 10.6 Å². The molecule has 180 valence electrons. The van der Waals surface area contributed by atoms with Crippen molar-refractivity contribution in [2.75, 3.05) is 51.1 Å². The minimum Gasteiger partial charge on any atom is -0.355 e. The van der Waals surface area contributed by atoms with Crippen LogP contribution in [0.15, 0.2) is 36.7 Å². The molecular formula is C21H26ClF3N6O2. The van der Waals surface area contributed by atoms with Gasteiger partial charge in [0.25, 0.3) is 0 Å². The van der Waals surface area contributed by atoms with Crippen LogP contribution in [-0.4, -0.2) is 77.2 Å². The fraction of sp³-hybridized carbons (Fsp3) is 0.476. The molecule has 0 bridgehead atoms. The Morgan fingerprint density at radius 1 is 1.06 bits per heavy atom. The summed E-state index contributed by atoms with van der Waals surface area (Å²) in [6.45, 7) is 4.04. The maximum Gasteiger partial charge on any atom is 0.417 e. The van der Waals surface area contributed by atoms with E-state index in [1.807, 2.05) is 26.7 Å². The van der Waals surface area contributed by atoms with E-state index in [-0.39, 0.29) is 24.7 Å². The number of benzene rings is 1. The van der Waals surface area contributed by atoms with Crippen molar-refractivity contribution < 1.29 is 22.8 Å². The highest BCUT2D eigenvalue weighted by Gasteiger charge is 2.33. The first-order valence-electron chi connectivity index (χ1n) is 10.6. The standard InChI is InChI=1S/C21H26ClF3N6O2/c22-18-4-3-16(13-17(18)21(23,24)25)28-20(33)15-30-11-9-29(10-12-30)14-19(32)26-5-1-7-31-8-2-6-27-31/h2-4,6,8,13H,1,5,7,9-12,14-15H2,(H,26,32)(H,28,33). The van der Waals surface area contributed by atoms with Gasteiger partial charge in [0.05, 0.1) is 23.7 Å². The van der Waals surface area contributed by atoms with Gasteiger partial charge in [0.15, 0.2) is 0 Å². The largest absolute Gasteiger partial charge is 0.417 e.